The van der Waals surface area contributed by atoms with Crippen molar-refractivity contribution in [2.45, 2.75) is 115 Å². The van der Waals surface area contributed by atoms with Crippen molar-refractivity contribution in [3.8, 4) is 0 Å². The van der Waals surface area contributed by atoms with E-state index >= 15 is 4.39 Å². The van der Waals surface area contributed by atoms with E-state index in [1.807, 2.05) is 0 Å². The number of allylic oxidation sites excluding steroid dienone is 4. The monoisotopic (exact) mass is 797 g/mol. The van der Waals surface area contributed by atoms with Crippen molar-refractivity contribution in [3.63, 3.8) is 0 Å². The molecule has 19 nitrogen and oxygen atoms in total. The van der Waals surface area contributed by atoms with Crippen molar-refractivity contribution in [1.29, 1.82) is 0 Å². The average molecular weight is 798 g/mol. The van der Waals surface area contributed by atoms with Crippen LogP contribution in [0.15, 0.2) is 23.8 Å². The molecular weight excluding hydrogens is 749 g/mol. The number of esters is 2. The van der Waals surface area contributed by atoms with Crippen LogP contribution >= 0.6 is 0 Å². The predicted octanol–water partition coefficient (Wildman–Crippen LogP) is 2.71. The maximum absolute atomic E-state index is 17.8. The molecule has 0 saturated heterocycles. The van der Waals surface area contributed by atoms with E-state index in [0.717, 1.165) is 0 Å². The summed E-state index contributed by atoms with van der Waals surface area (Å²) in [6.45, 7) is 3.18. The van der Waals surface area contributed by atoms with Gasteiger partial charge in [0.25, 0.3) is 10.2 Å². The van der Waals surface area contributed by atoms with Crippen molar-refractivity contribution >= 4 is 35.4 Å². The zero-order valence-electron chi connectivity index (χ0n) is 31.4. The molecule has 4 aliphatic rings. The Morgan fingerprint density at radius 2 is 1.66 bits per heavy atom. The maximum Gasteiger partial charge on any atom is 0.326 e. The van der Waals surface area contributed by atoms with Crippen LogP contribution in [0.3, 0.4) is 0 Å². The summed E-state index contributed by atoms with van der Waals surface area (Å²) in [6.07, 6.45) is 1.92. The van der Waals surface area contributed by atoms with Gasteiger partial charge in [0.05, 0.1) is 25.7 Å². The molecule has 0 heterocycles. The number of hydrogen-bond donors (Lipinski definition) is 3. The van der Waals surface area contributed by atoms with E-state index in [1.165, 1.54) is 18.2 Å². The minimum atomic E-state index is -2.28. The van der Waals surface area contributed by atoms with Crippen molar-refractivity contribution in [1.82, 2.24) is 5.32 Å². The van der Waals surface area contributed by atoms with Crippen molar-refractivity contribution in [2.75, 3.05) is 19.8 Å². The number of alkyl halides is 1. The van der Waals surface area contributed by atoms with Gasteiger partial charge in [-0.25, -0.2) is 9.18 Å². The molecule has 0 aromatic rings. The van der Waals surface area contributed by atoms with Crippen LogP contribution in [0, 0.1) is 48.8 Å². The molecule has 56 heavy (non-hydrogen) atoms. The first-order chi connectivity index (χ1) is 26.2. The summed E-state index contributed by atoms with van der Waals surface area (Å²) >= 11 is 0. The molecule has 4 rings (SSSR count). The van der Waals surface area contributed by atoms with Gasteiger partial charge in [0, 0.05) is 35.5 Å². The number of unbranched alkanes of at least 4 members (excludes halogenated alkanes) is 2. The number of ketones is 2. The van der Waals surface area contributed by atoms with E-state index in [9.17, 15) is 59.2 Å². The number of nitrogens with one attached hydrogen (secondary N) is 1. The number of carbonyl (C=O) groups excluding carboxylic acids is 5. The first kappa shape index (κ1) is 43.7. The lowest BCUT2D eigenvalue weighted by atomic mass is 9.44. The van der Waals surface area contributed by atoms with Crippen LogP contribution in [0.2, 0.25) is 0 Å². The first-order valence-corrected chi connectivity index (χ1v) is 18.5. The number of halogens is 1. The fraction of sp³-hybridized carbons (Fsp3) is 0.722. The lowest BCUT2D eigenvalue weighted by Crippen LogP contribution is -2.70. The first-order valence-electron chi connectivity index (χ1n) is 18.5. The van der Waals surface area contributed by atoms with Crippen LogP contribution in [0.4, 0.5) is 4.39 Å². The number of aliphatic hydroxyl groups is 1. The minimum Gasteiger partial charge on any atom is -0.480 e. The van der Waals surface area contributed by atoms with E-state index < -0.39 is 118 Å². The van der Waals surface area contributed by atoms with E-state index in [-0.39, 0.29) is 57.3 Å². The number of aliphatic carboxylic acids is 1. The van der Waals surface area contributed by atoms with Gasteiger partial charge in [0.2, 0.25) is 11.7 Å². The van der Waals surface area contributed by atoms with Gasteiger partial charge in [-0.2, -0.15) is 0 Å². The molecule has 3 fully saturated rings. The number of rotatable bonds is 20. The lowest BCUT2D eigenvalue weighted by Gasteiger charge is -2.62. The molecular formula is C36H48FN3O16. The molecule has 4 aliphatic carbocycles. The van der Waals surface area contributed by atoms with E-state index in [4.69, 9.17) is 9.47 Å². The highest BCUT2D eigenvalue weighted by molar-refractivity contribution is 6.01. The Balaban J connectivity index is 1.53. The largest absolute Gasteiger partial charge is 0.480 e. The van der Waals surface area contributed by atoms with Crippen LogP contribution in [0.5, 0.6) is 0 Å². The van der Waals surface area contributed by atoms with Crippen molar-refractivity contribution < 1.29 is 72.7 Å². The van der Waals surface area contributed by atoms with Crippen molar-refractivity contribution in [2.24, 2.45) is 28.6 Å². The van der Waals surface area contributed by atoms with Crippen LogP contribution in [-0.2, 0) is 47.9 Å². The molecule has 20 heteroatoms. The molecule has 9 atom stereocenters. The number of carboxylic acids is 1. The number of Topliss-reactive ketones (excluding diaryl/α,β-unsaturated/α-hetero) is 1. The van der Waals surface area contributed by atoms with Crippen LogP contribution in [0.1, 0.15) is 91.4 Å². The standard InChI is InChI=1S/C36H48FN3O16/c1-21-16-25-24-11-10-22-17-23(41)12-13-33(22,2)35(24,37)27(42)19-34(25,3)36(21,56-30(45)9-7-15-55-40(51)52)28(43)20-53-31(46)18-26(32(47)48)38-29(44)8-5-4-6-14-54-39(49)50/h12-13,17,21,24-27,42H,4-11,14-16,18-20H2,1-3H3,(H,38,44)(H,47,48)/t21-,24?,25?,26?,27+,33+,34+,35+,36+/m1/s1. The summed E-state index contributed by atoms with van der Waals surface area (Å²) in [5.74, 6) is -8.05. The predicted molar refractivity (Wildman–Crippen MR) is 185 cm³/mol. The highest BCUT2D eigenvalue weighted by Crippen LogP contribution is 2.71. The summed E-state index contributed by atoms with van der Waals surface area (Å²) in [6, 6.07) is -1.75. The topological polar surface area (TPSA) is 278 Å². The number of carboxylic acid groups (broad SMARTS) is 1. The summed E-state index contributed by atoms with van der Waals surface area (Å²) in [5, 5.41) is 42.5. The third-order valence-electron chi connectivity index (χ3n) is 12.2. The van der Waals surface area contributed by atoms with Gasteiger partial charge in [-0.15, -0.1) is 20.2 Å². The molecule has 310 valence electrons. The zero-order chi connectivity index (χ0) is 41.6. The van der Waals surface area contributed by atoms with Gasteiger partial charge in [0.1, 0.15) is 6.04 Å². The van der Waals surface area contributed by atoms with Gasteiger partial charge < -0.3 is 34.7 Å². The number of carbonyl (C=O) groups is 6. The number of amides is 1. The average Bonchev–Trinajstić information content (AvgIpc) is 3.33. The molecule has 3 unspecified atom stereocenters. The molecule has 0 aliphatic heterocycles. The zero-order valence-corrected chi connectivity index (χ0v) is 31.4. The molecule has 0 bridgehead atoms. The van der Waals surface area contributed by atoms with Crippen molar-refractivity contribution in [3.05, 3.63) is 44.0 Å². The smallest absolute Gasteiger partial charge is 0.326 e. The maximum atomic E-state index is 17.8. The molecule has 0 spiro atoms. The Morgan fingerprint density at radius 1 is 1.00 bits per heavy atom. The van der Waals surface area contributed by atoms with Crippen LogP contribution < -0.4 is 5.32 Å². The molecule has 0 radical (unpaired) electrons. The highest BCUT2D eigenvalue weighted by Gasteiger charge is 2.77. The van der Waals surface area contributed by atoms with Gasteiger partial charge >= 0.3 is 17.9 Å². The highest BCUT2D eigenvalue weighted by atomic mass is 19.1. The SMILES string of the molecule is C[C@@H]1CC2C3CCC4=CC(=O)C=C[C@]4(C)[C@@]3(F)[C@@H](O)C[C@]2(C)[C@@]1(OC(=O)CCCO[N+](=O)[O-])C(=O)COC(=O)CC(NC(=O)CCCCCO[N+](=O)[O-])C(=O)O. The fourth-order valence-electron chi connectivity index (χ4n) is 9.63. The Bertz CT molecular complexity index is 1670. The van der Waals surface area contributed by atoms with Gasteiger partial charge in [0.15, 0.2) is 23.7 Å². The quantitative estimate of drug-likeness (QED) is 0.0691. The normalized spacial score (nSPS) is 32.0. The fourth-order valence-corrected chi connectivity index (χ4v) is 9.63. The van der Waals surface area contributed by atoms with Gasteiger partial charge in [-0.3, -0.25) is 24.0 Å². The van der Waals surface area contributed by atoms with E-state index in [0.29, 0.717) is 18.4 Å². The third kappa shape index (κ3) is 8.53. The number of nitrogens with zero attached hydrogens (tertiary/aromatic N) is 2. The van der Waals surface area contributed by atoms with E-state index in [1.54, 1.807) is 20.8 Å². The second-order valence-corrected chi connectivity index (χ2v) is 15.4. The Morgan fingerprint density at radius 3 is 2.30 bits per heavy atom. The summed E-state index contributed by atoms with van der Waals surface area (Å²) in [7, 11) is 0. The molecule has 3 N–H and O–H groups in total. The third-order valence-corrected chi connectivity index (χ3v) is 12.2. The second-order valence-electron chi connectivity index (χ2n) is 15.4. The number of hydrogen-bond acceptors (Lipinski definition) is 15. The Labute approximate surface area is 320 Å². The number of aliphatic hydroxyl groups excluding tert-OH is 1. The molecule has 0 aromatic carbocycles. The molecule has 3 saturated carbocycles. The summed E-state index contributed by atoms with van der Waals surface area (Å²) in [4.78, 5) is 107. The van der Waals surface area contributed by atoms with Gasteiger partial charge in [-0.1, -0.05) is 31.9 Å². The Kier molecular flexibility index (Phi) is 13.6. The Hall–Kier alpha value is -5.01. The summed E-state index contributed by atoms with van der Waals surface area (Å²) in [5.41, 5.74) is -6.65. The van der Waals surface area contributed by atoms with Gasteiger partial charge in [-0.05, 0) is 69.9 Å². The summed E-state index contributed by atoms with van der Waals surface area (Å²) < 4.78 is 29.0. The van der Waals surface area contributed by atoms with Crippen LogP contribution in [-0.4, -0.2) is 99.0 Å². The molecule has 1 amide bonds. The van der Waals surface area contributed by atoms with Crippen LogP contribution in [0.25, 0.3) is 0 Å². The van der Waals surface area contributed by atoms with E-state index in [2.05, 4.69) is 15.0 Å². The minimum absolute atomic E-state index is 0.143. The number of ether oxygens (including phenoxy) is 2. The number of fused-ring (bicyclic) bond motifs is 5. The molecule has 0 aromatic heterocycles. The lowest BCUT2D eigenvalue weighted by molar-refractivity contribution is -0.757. The second kappa shape index (κ2) is 17.4.